The summed E-state index contributed by atoms with van der Waals surface area (Å²) in [5, 5.41) is 8.69. The van der Waals surface area contributed by atoms with Gasteiger partial charge in [0, 0.05) is 16.4 Å². The molecule has 4 nitrogen and oxygen atoms in total. The number of nitrogens with zero attached hydrogens (tertiary/aromatic N) is 1. The summed E-state index contributed by atoms with van der Waals surface area (Å²) >= 11 is 0. The van der Waals surface area contributed by atoms with Crippen LogP contribution in [-0.2, 0) is 0 Å². The predicted molar refractivity (Wildman–Crippen MR) is 40.8 cm³/mol. The molecule has 0 radical (unpaired) electrons. The van der Waals surface area contributed by atoms with Crippen LogP contribution in [-0.4, -0.2) is 18.2 Å². The van der Waals surface area contributed by atoms with Gasteiger partial charge in [-0.15, -0.1) is 0 Å². The Morgan fingerprint density at radius 3 is 2.75 bits per heavy atom. The van der Waals surface area contributed by atoms with Crippen LogP contribution in [0.15, 0.2) is 18.3 Å². The second-order valence-corrected chi connectivity index (χ2v) is 2.41. The lowest BCUT2D eigenvalue weighted by atomic mass is 10.3. The van der Waals surface area contributed by atoms with Gasteiger partial charge in [0.2, 0.25) is 6.20 Å². The summed E-state index contributed by atoms with van der Waals surface area (Å²) in [7, 11) is 1.42. The highest BCUT2D eigenvalue weighted by Gasteiger charge is 2.18. The molecular formula is C8H10NO3+. The number of carboxylic acids is 1. The van der Waals surface area contributed by atoms with Gasteiger partial charge in [0.05, 0.1) is 0 Å². The van der Waals surface area contributed by atoms with E-state index < -0.39 is 5.97 Å². The van der Waals surface area contributed by atoms with E-state index in [9.17, 15) is 4.79 Å². The lowest BCUT2D eigenvalue weighted by molar-refractivity contribution is -0.887. The average Bonchev–Trinajstić information content (AvgIpc) is 2.03. The van der Waals surface area contributed by atoms with Crippen LogP contribution in [0, 0.1) is 6.92 Å². The minimum atomic E-state index is -1.00. The summed E-state index contributed by atoms with van der Waals surface area (Å²) in [5.74, 6) is -1.00. The van der Waals surface area contributed by atoms with Crippen LogP contribution in [0.1, 0.15) is 16.1 Å². The van der Waals surface area contributed by atoms with Crippen molar-refractivity contribution in [2.75, 3.05) is 7.11 Å². The van der Waals surface area contributed by atoms with E-state index in [0.717, 1.165) is 5.56 Å². The summed E-state index contributed by atoms with van der Waals surface area (Å²) in [5.41, 5.74) is 1.06. The van der Waals surface area contributed by atoms with E-state index in [1.807, 2.05) is 6.92 Å². The van der Waals surface area contributed by atoms with Crippen molar-refractivity contribution in [3.63, 3.8) is 0 Å². The molecule has 0 amide bonds. The third-order valence-electron chi connectivity index (χ3n) is 1.48. The molecule has 1 aromatic rings. The number of carboxylic acid groups (broad SMARTS) is 1. The molecule has 12 heavy (non-hydrogen) atoms. The van der Waals surface area contributed by atoms with Crippen molar-refractivity contribution in [3.8, 4) is 0 Å². The van der Waals surface area contributed by atoms with Gasteiger partial charge in [0.1, 0.15) is 7.11 Å². The van der Waals surface area contributed by atoms with Gasteiger partial charge in [-0.3, -0.25) is 4.84 Å². The standard InChI is InChI=1S/C8H9NO3/c1-6-3-4-7(8(10)11)9(5-6)12-2/h3-5H,1-2H3/p+1. The minimum Gasteiger partial charge on any atom is -0.473 e. The zero-order chi connectivity index (χ0) is 9.14. The van der Waals surface area contributed by atoms with Crippen molar-refractivity contribution >= 4 is 5.97 Å². The fraction of sp³-hybridized carbons (Fsp3) is 0.250. The first kappa shape index (κ1) is 8.52. The first-order valence-electron chi connectivity index (χ1n) is 3.45. The molecule has 0 spiro atoms. The van der Waals surface area contributed by atoms with Gasteiger partial charge in [0.15, 0.2) is 0 Å². The summed E-state index contributed by atoms with van der Waals surface area (Å²) in [6, 6.07) is 3.22. The van der Waals surface area contributed by atoms with Crippen LogP contribution in [0.2, 0.25) is 0 Å². The number of hydrogen-bond donors (Lipinski definition) is 1. The summed E-state index contributed by atoms with van der Waals surface area (Å²) in [6.45, 7) is 1.86. The van der Waals surface area contributed by atoms with E-state index in [2.05, 4.69) is 0 Å². The SMILES string of the molecule is CO[n+]1cc(C)ccc1C(=O)O. The summed E-state index contributed by atoms with van der Waals surface area (Å²) < 4.78 is 1.22. The topological polar surface area (TPSA) is 50.4 Å². The van der Waals surface area contributed by atoms with E-state index >= 15 is 0 Å². The molecular weight excluding hydrogens is 158 g/mol. The van der Waals surface area contributed by atoms with E-state index in [-0.39, 0.29) is 5.69 Å². The van der Waals surface area contributed by atoms with Crippen molar-refractivity contribution in [3.05, 3.63) is 29.6 Å². The average molecular weight is 168 g/mol. The largest absolute Gasteiger partial charge is 0.473 e. The van der Waals surface area contributed by atoms with Crippen molar-refractivity contribution in [2.45, 2.75) is 6.92 Å². The molecule has 0 aliphatic carbocycles. The lowest BCUT2D eigenvalue weighted by Crippen LogP contribution is -2.46. The van der Waals surface area contributed by atoms with Gasteiger partial charge >= 0.3 is 11.7 Å². The van der Waals surface area contributed by atoms with Crippen molar-refractivity contribution < 1.29 is 19.5 Å². The van der Waals surface area contributed by atoms with Gasteiger partial charge in [-0.25, -0.2) is 4.79 Å². The van der Waals surface area contributed by atoms with Crippen LogP contribution < -0.4 is 9.57 Å². The molecule has 0 fully saturated rings. The highest BCUT2D eigenvalue weighted by molar-refractivity contribution is 5.83. The molecule has 1 heterocycles. The number of aromatic nitrogens is 1. The Labute approximate surface area is 70.0 Å². The van der Waals surface area contributed by atoms with Crippen LogP contribution in [0.5, 0.6) is 0 Å². The highest BCUT2D eigenvalue weighted by Crippen LogP contribution is 1.95. The maximum Gasteiger partial charge on any atom is 0.406 e. The molecule has 1 rings (SSSR count). The Kier molecular flexibility index (Phi) is 2.28. The zero-order valence-electron chi connectivity index (χ0n) is 6.94. The molecule has 0 atom stereocenters. The van der Waals surface area contributed by atoms with Crippen LogP contribution in [0.3, 0.4) is 0 Å². The Bertz CT molecular complexity index is 309. The Morgan fingerprint density at radius 2 is 2.25 bits per heavy atom. The van der Waals surface area contributed by atoms with Crippen molar-refractivity contribution in [1.29, 1.82) is 0 Å². The van der Waals surface area contributed by atoms with Gasteiger partial charge in [-0.05, 0) is 13.0 Å². The number of hydrogen-bond acceptors (Lipinski definition) is 2. The fourth-order valence-corrected chi connectivity index (χ4v) is 0.898. The van der Waals surface area contributed by atoms with E-state index in [0.29, 0.717) is 0 Å². The van der Waals surface area contributed by atoms with E-state index in [4.69, 9.17) is 9.94 Å². The van der Waals surface area contributed by atoms with Crippen LogP contribution in [0.4, 0.5) is 0 Å². The Hall–Kier alpha value is -1.58. The highest BCUT2D eigenvalue weighted by atomic mass is 16.6. The molecule has 0 saturated carbocycles. The molecule has 1 aromatic heterocycles. The monoisotopic (exact) mass is 168 g/mol. The fourth-order valence-electron chi connectivity index (χ4n) is 0.898. The number of carbonyl (C=O) groups is 1. The number of pyridine rings is 1. The van der Waals surface area contributed by atoms with Gasteiger partial charge in [0.25, 0.3) is 0 Å². The maximum atomic E-state index is 10.6. The molecule has 64 valence electrons. The van der Waals surface area contributed by atoms with Gasteiger partial charge < -0.3 is 5.11 Å². The molecule has 0 saturated heterocycles. The van der Waals surface area contributed by atoms with Crippen LogP contribution in [0.25, 0.3) is 0 Å². The number of rotatable bonds is 2. The smallest absolute Gasteiger partial charge is 0.406 e. The first-order chi connectivity index (χ1) is 5.65. The van der Waals surface area contributed by atoms with Crippen LogP contribution >= 0.6 is 0 Å². The molecule has 0 aliphatic rings. The molecule has 0 bridgehead atoms. The van der Waals surface area contributed by atoms with Gasteiger partial charge in [-0.2, -0.15) is 0 Å². The van der Waals surface area contributed by atoms with E-state index in [1.54, 1.807) is 12.3 Å². The first-order valence-corrected chi connectivity index (χ1v) is 3.45. The molecule has 1 N–H and O–H groups in total. The van der Waals surface area contributed by atoms with Crippen molar-refractivity contribution in [1.82, 2.24) is 0 Å². The third kappa shape index (κ3) is 1.53. The summed E-state index contributed by atoms with van der Waals surface area (Å²) in [4.78, 5) is 15.4. The Balaban J connectivity index is 3.20. The zero-order valence-corrected chi connectivity index (χ0v) is 6.94. The minimum absolute atomic E-state index is 0.114. The molecule has 4 heteroatoms. The second kappa shape index (κ2) is 3.21. The normalized spacial score (nSPS) is 9.50. The third-order valence-corrected chi connectivity index (χ3v) is 1.48. The molecule has 0 aromatic carbocycles. The second-order valence-electron chi connectivity index (χ2n) is 2.41. The van der Waals surface area contributed by atoms with E-state index in [1.165, 1.54) is 17.9 Å². The lowest BCUT2D eigenvalue weighted by Gasteiger charge is -1.95. The molecule has 0 unspecified atom stereocenters. The predicted octanol–water partition coefficient (Wildman–Crippen LogP) is 0.0391. The van der Waals surface area contributed by atoms with Crippen molar-refractivity contribution in [2.24, 2.45) is 0 Å². The maximum absolute atomic E-state index is 10.6. The number of aromatic carboxylic acids is 1. The summed E-state index contributed by atoms with van der Waals surface area (Å²) in [6.07, 6.45) is 1.61. The quantitative estimate of drug-likeness (QED) is 0.634. The number of aryl methyl sites for hydroxylation is 1. The van der Waals surface area contributed by atoms with Gasteiger partial charge in [-0.1, -0.05) is 0 Å². The molecule has 0 aliphatic heterocycles. The Morgan fingerprint density at radius 1 is 1.58 bits per heavy atom.